The van der Waals surface area contributed by atoms with Crippen molar-refractivity contribution in [3.63, 3.8) is 0 Å². The predicted octanol–water partition coefficient (Wildman–Crippen LogP) is 1.79. The topological polar surface area (TPSA) is 59.6 Å². The fourth-order valence-electron chi connectivity index (χ4n) is 1.91. The van der Waals surface area contributed by atoms with Gasteiger partial charge in [0.25, 0.3) is 5.91 Å². The van der Waals surface area contributed by atoms with E-state index in [1.54, 1.807) is 0 Å². The lowest BCUT2D eigenvalue weighted by molar-refractivity contribution is -0.130. The van der Waals surface area contributed by atoms with Crippen LogP contribution in [-0.2, 0) is 9.53 Å². The number of ether oxygens (including phenoxy) is 2. The Bertz CT molecular complexity index is 458. The SMILES string of the molecule is CCCOc1ccccc1NC(=O)COC1(C)CNC1. The third-order valence-corrected chi connectivity index (χ3v) is 3.17. The van der Waals surface area contributed by atoms with Crippen molar-refractivity contribution >= 4 is 11.6 Å². The molecule has 20 heavy (non-hydrogen) atoms. The molecule has 1 saturated heterocycles. The molecule has 1 aliphatic rings. The molecular weight excluding hydrogens is 256 g/mol. The van der Waals surface area contributed by atoms with E-state index in [2.05, 4.69) is 10.6 Å². The van der Waals surface area contributed by atoms with Gasteiger partial charge in [0.15, 0.2) is 0 Å². The molecule has 110 valence electrons. The molecule has 5 heteroatoms. The summed E-state index contributed by atoms with van der Waals surface area (Å²) < 4.78 is 11.2. The second kappa shape index (κ2) is 6.72. The maximum Gasteiger partial charge on any atom is 0.250 e. The van der Waals surface area contributed by atoms with Crippen molar-refractivity contribution in [1.29, 1.82) is 0 Å². The lowest BCUT2D eigenvalue weighted by atomic mass is 10.0. The van der Waals surface area contributed by atoms with E-state index in [9.17, 15) is 4.79 Å². The Balaban J connectivity index is 1.86. The van der Waals surface area contributed by atoms with E-state index >= 15 is 0 Å². The molecule has 0 aromatic heterocycles. The molecular formula is C15H22N2O3. The van der Waals surface area contributed by atoms with Gasteiger partial charge in [0.1, 0.15) is 12.4 Å². The zero-order valence-electron chi connectivity index (χ0n) is 12.1. The van der Waals surface area contributed by atoms with Gasteiger partial charge in [0.05, 0.1) is 17.9 Å². The van der Waals surface area contributed by atoms with Gasteiger partial charge in [-0.15, -0.1) is 0 Å². The summed E-state index contributed by atoms with van der Waals surface area (Å²) >= 11 is 0. The van der Waals surface area contributed by atoms with Gasteiger partial charge >= 0.3 is 0 Å². The Labute approximate surface area is 119 Å². The van der Waals surface area contributed by atoms with E-state index in [1.165, 1.54) is 0 Å². The van der Waals surface area contributed by atoms with E-state index < -0.39 is 0 Å². The van der Waals surface area contributed by atoms with Crippen LogP contribution in [0.4, 0.5) is 5.69 Å². The van der Waals surface area contributed by atoms with Crippen LogP contribution in [0.1, 0.15) is 20.3 Å². The average Bonchev–Trinajstić information content (AvgIpc) is 2.42. The summed E-state index contributed by atoms with van der Waals surface area (Å²) in [5.41, 5.74) is 0.474. The molecule has 0 spiro atoms. The highest BCUT2D eigenvalue weighted by atomic mass is 16.5. The summed E-state index contributed by atoms with van der Waals surface area (Å²) in [6, 6.07) is 7.43. The van der Waals surface area contributed by atoms with E-state index in [-0.39, 0.29) is 18.1 Å². The molecule has 2 N–H and O–H groups in total. The van der Waals surface area contributed by atoms with Gasteiger partial charge in [-0.25, -0.2) is 0 Å². The van der Waals surface area contributed by atoms with Crippen molar-refractivity contribution in [3.05, 3.63) is 24.3 Å². The molecule has 0 aliphatic carbocycles. The Morgan fingerprint density at radius 3 is 2.80 bits per heavy atom. The van der Waals surface area contributed by atoms with Crippen LogP contribution in [0.15, 0.2) is 24.3 Å². The molecule has 1 aliphatic heterocycles. The Kier molecular flexibility index (Phi) is 4.98. The summed E-state index contributed by atoms with van der Waals surface area (Å²) in [7, 11) is 0. The fourth-order valence-corrected chi connectivity index (χ4v) is 1.91. The van der Waals surface area contributed by atoms with Crippen molar-refractivity contribution in [2.45, 2.75) is 25.9 Å². The zero-order chi connectivity index (χ0) is 14.4. The molecule has 2 rings (SSSR count). The monoisotopic (exact) mass is 278 g/mol. The van der Waals surface area contributed by atoms with Crippen molar-refractivity contribution < 1.29 is 14.3 Å². The van der Waals surface area contributed by atoms with Crippen LogP contribution in [0, 0.1) is 0 Å². The molecule has 0 atom stereocenters. The average molecular weight is 278 g/mol. The van der Waals surface area contributed by atoms with E-state index in [0.29, 0.717) is 18.0 Å². The van der Waals surface area contributed by atoms with Gasteiger partial charge < -0.3 is 20.1 Å². The smallest absolute Gasteiger partial charge is 0.250 e. The van der Waals surface area contributed by atoms with Crippen molar-refractivity contribution in [1.82, 2.24) is 5.32 Å². The highest BCUT2D eigenvalue weighted by Gasteiger charge is 2.33. The number of carbonyl (C=O) groups is 1. The van der Waals surface area contributed by atoms with Gasteiger partial charge in [-0.3, -0.25) is 4.79 Å². The molecule has 5 nitrogen and oxygen atoms in total. The number of carbonyl (C=O) groups excluding carboxylic acids is 1. The lowest BCUT2D eigenvalue weighted by Crippen LogP contribution is -2.59. The van der Waals surface area contributed by atoms with Gasteiger partial charge in [0, 0.05) is 13.1 Å². The van der Waals surface area contributed by atoms with Crippen molar-refractivity contribution in [2.75, 3.05) is 31.6 Å². The highest BCUT2D eigenvalue weighted by Crippen LogP contribution is 2.24. The van der Waals surface area contributed by atoms with E-state index in [1.807, 2.05) is 38.1 Å². The quantitative estimate of drug-likeness (QED) is 0.798. The predicted molar refractivity (Wildman–Crippen MR) is 78.1 cm³/mol. The van der Waals surface area contributed by atoms with Gasteiger partial charge in [-0.1, -0.05) is 19.1 Å². The molecule has 0 saturated carbocycles. The number of nitrogens with one attached hydrogen (secondary N) is 2. The zero-order valence-corrected chi connectivity index (χ0v) is 12.1. The number of amides is 1. The summed E-state index contributed by atoms with van der Waals surface area (Å²) in [5, 5.41) is 5.96. The van der Waals surface area contributed by atoms with Crippen LogP contribution in [0.5, 0.6) is 5.75 Å². The highest BCUT2D eigenvalue weighted by molar-refractivity contribution is 5.93. The maximum absolute atomic E-state index is 11.9. The first-order valence-electron chi connectivity index (χ1n) is 6.99. The minimum absolute atomic E-state index is 0.0558. The number of benzene rings is 1. The van der Waals surface area contributed by atoms with Crippen LogP contribution in [-0.4, -0.2) is 37.8 Å². The normalized spacial score (nSPS) is 16.3. The third-order valence-electron chi connectivity index (χ3n) is 3.17. The molecule has 0 bridgehead atoms. The standard InChI is InChI=1S/C15H22N2O3/c1-3-8-19-13-7-5-4-6-12(13)17-14(18)9-20-15(2)10-16-11-15/h4-7,16H,3,8-11H2,1-2H3,(H,17,18). The number of anilines is 1. The van der Waals surface area contributed by atoms with Crippen molar-refractivity contribution in [2.24, 2.45) is 0 Å². The fraction of sp³-hybridized carbons (Fsp3) is 0.533. The lowest BCUT2D eigenvalue weighted by Gasteiger charge is -2.38. The van der Waals surface area contributed by atoms with Crippen LogP contribution in [0.2, 0.25) is 0 Å². The van der Waals surface area contributed by atoms with Gasteiger partial charge in [-0.2, -0.15) is 0 Å². The van der Waals surface area contributed by atoms with Crippen LogP contribution < -0.4 is 15.4 Å². The van der Waals surface area contributed by atoms with Gasteiger partial charge in [0.2, 0.25) is 0 Å². The number of para-hydroxylation sites is 2. The van der Waals surface area contributed by atoms with Crippen LogP contribution in [0.3, 0.4) is 0 Å². The maximum atomic E-state index is 11.9. The molecule has 0 unspecified atom stereocenters. The largest absolute Gasteiger partial charge is 0.491 e. The first-order valence-corrected chi connectivity index (χ1v) is 6.99. The molecule has 1 amide bonds. The number of hydrogen-bond acceptors (Lipinski definition) is 4. The Morgan fingerprint density at radius 2 is 2.15 bits per heavy atom. The third kappa shape index (κ3) is 3.95. The summed E-state index contributed by atoms with van der Waals surface area (Å²) in [6.07, 6.45) is 0.927. The number of rotatable bonds is 7. The molecule has 1 fully saturated rings. The summed E-state index contributed by atoms with van der Waals surface area (Å²) in [4.78, 5) is 11.9. The second-order valence-electron chi connectivity index (χ2n) is 5.23. The minimum Gasteiger partial charge on any atom is -0.491 e. The molecule has 1 heterocycles. The molecule has 1 aromatic rings. The van der Waals surface area contributed by atoms with Crippen LogP contribution >= 0.6 is 0 Å². The van der Waals surface area contributed by atoms with Gasteiger partial charge in [-0.05, 0) is 25.5 Å². The summed E-state index contributed by atoms with van der Waals surface area (Å²) in [6.45, 7) is 6.30. The Hall–Kier alpha value is -1.59. The van der Waals surface area contributed by atoms with E-state index in [4.69, 9.17) is 9.47 Å². The van der Waals surface area contributed by atoms with Crippen molar-refractivity contribution in [3.8, 4) is 5.75 Å². The molecule has 0 radical (unpaired) electrons. The number of hydrogen-bond donors (Lipinski definition) is 2. The summed E-state index contributed by atoms with van der Waals surface area (Å²) in [5.74, 6) is 0.532. The first-order chi connectivity index (χ1) is 9.63. The molecule has 1 aromatic carbocycles. The van der Waals surface area contributed by atoms with E-state index in [0.717, 1.165) is 19.5 Å². The second-order valence-corrected chi connectivity index (χ2v) is 5.23. The Morgan fingerprint density at radius 1 is 1.40 bits per heavy atom. The first kappa shape index (κ1) is 14.8. The minimum atomic E-state index is -0.213. The van der Waals surface area contributed by atoms with Crippen LogP contribution in [0.25, 0.3) is 0 Å².